The molecule has 0 saturated heterocycles. The van der Waals surface area contributed by atoms with Crippen molar-refractivity contribution in [3.8, 4) is 6.07 Å². The third-order valence-electron chi connectivity index (χ3n) is 8.03. The maximum Gasteiger partial charge on any atom is 0.0998 e. The molecule has 0 radical (unpaired) electrons. The van der Waals surface area contributed by atoms with Crippen molar-refractivity contribution in [1.29, 1.82) is 5.26 Å². The Kier molecular flexibility index (Phi) is 2.52. The Morgan fingerprint density at radius 2 is 1.64 bits per heavy atom. The molecule has 25 heavy (non-hydrogen) atoms. The highest BCUT2D eigenvalue weighted by Gasteiger charge is 2.66. The standard InChI is InChI=1S/C23H22N2/c1-21(2)22(3)9-10-23(21,4)19-17-11-14(12-24)15-7-5-6-8-16(15)20(17)25-13-18(19)22/h5-8,11,13H,9-10H2,1-4H3. The summed E-state index contributed by atoms with van der Waals surface area (Å²) >= 11 is 0. The number of rotatable bonds is 0. The SMILES string of the molecule is CC12CCC(C)(c3c1cnc1c3cc(C#N)c3ccccc31)C2(C)C. The monoisotopic (exact) mass is 326 g/mol. The summed E-state index contributed by atoms with van der Waals surface area (Å²) in [4.78, 5) is 4.91. The molecular weight excluding hydrogens is 304 g/mol. The van der Waals surface area contributed by atoms with Crippen LogP contribution in [0.2, 0.25) is 0 Å². The van der Waals surface area contributed by atoms with Gasteiger partial charge in [0.25, 0.3) is 0 Å². The van der Waals surface area contributed by atoms with Crippen LogP contribution < -0.4 is 0 Å². The molecule has 2 aliphatic carbocycles. The summed E-state index contributed by atoms with van der Waals surface area (Å²) < 4.78 is 0. The second kappa shape index (κ2) is 4.22. The Balaban J connectivity index is 2.02. The van der Waals surface area contributed by atoms with Gasteiger partial charge in [-0.2, -0.15) is 5.26 Å². The first kappa shape index (κ1) is 14.9. The van der Waals surface area contributed by atoms with E-state index in [-0.39, 0.29) is 16.2 Å². The van der Waals surface area contributed by atoms with Gasteiger partial charge in [0.15, 0.2) is 0 Å². The molecule has 2 unspecified atom stereocenters. The Morgan fingerprint density at radius 1 is 0.960 bits per heavy atom. The van der Waals surface area contributed by atoms with Gasteiger partial charge in [0.2, 0.25) is 0 Å². The van der Waals surface area contributed by atoms with Crippen molar-refractivity contribution >= 4 is 21.7 Å². The highest BCUT2D eigenvalue weighted by atomic mass is 14.8. The van der Waals surface area contributed by atoms with Crippen LogP contribution in [0.4, 0.5) is 0 Å². The molecule has 1 heterocycles. The fourth-order valence-electron chi connectivity index (χ4n) is 5.78. The average molecular weight is 326 g/mol. The van der Waals surface area contributed by atoms with E-state index < -0.39 is 0 Å². The molecule has 0 aliphatic heterocycles. The van der Waals surface area contributed by atoms with Crippen molar-refractivity contribution in [3.63, 3.8) is 0 Å². The minimum Gasteiger partial charge on any atom is -0.255 e. The molecule has 0 N–H and O–H groups in total. The summed E-state index contributed by atoms with van der Waals surface area (Å²) in [6.45, 7) is 9.66. The van der Waals surface area contributed by atoms with Crippen LogP contribution in [0, 0.1) is 16.7 Å². The molecule has 1 fully saturated rings. The van der Waals surface area contributed by atoms with E-state index in [9.17, 15) is 5.26 Å². The first-order valence-electron chi connectivity index (χ1n) is 9.11. The number of aromatic nitrogens is 1. The van der Waals surface area contributed by atoms with E-state index in [0.717, 1.165) is 21.9 Å². The summed E-state index contributed by atoms with van der Waals surface area (Å²) in [7, 11) is 0. The summed E-state index contributed by atoms with van der Waals surface area (Å²) in [5, 5.41) is 13.0. The van der Waals surface area contributed by atoms with E-state index in [1.165, 1.54) is 29.4 Å². The van der Waals surface area contributed by atoms with E-state index in [4.69, 9.17) is 4.98 Å². The van der Waals surface area contributed by atoms with Gasteiger partial charge in [-0.3, -0.25) is 4.98 Å². The molecule has 3 aromatic rings. The third kappa shape index (κ3) is 1.41. The van der Waals surface area contributed by atoms with Gasteiger partial charge >= 0.3 is 0 Å². The first-order chi connectivity index (χ1) is 11.8. The van der Waals surface area contributed by atoms with Crippen molar-refractivity contribution < 1.29 is 0 Å². The van der Waals surface area contributed by atoms with E-state index in [1.54, 1.807) is 0 Å². The lowest BCUT2D eigenvalue weighted by Crippen LogP contribution is -2.37. The highest BCUT2D eigenvalue weighted by Crippen LogP contribution is 2.71. The third-order valence-corrected chi connectivity index (χ3v) is 8.03. The molecule has 124 valence electrons. The zero-order chi connectivity index (χ0) is 17.6. The molecule has 2 aromatic carbocycles. The van der Waals surface area contributed by atoms with Gasteiger partial charge in [-0.15, -0.1) is 0 Å². The van der Waals surface area contributed by atoms with Gasteiger partial charge in [0.1, 0.15) is 0 Å². The van der Waals surface area contributed by atoms with Crippen molar-refractivity contribution in [3.05, 3.63) is 53.2 Å². The van der Waals surface area contributed by atoms with Crippen molar-refractivity contribution in [1.82, 2.24) is 4.98 Å². The number of benzene rings is 2. The number of fused-ring (bicyclic) bond motifs is 9. The molecule has 0 amide bonds. The van der Waals surface area contributed by atoms with Gasteiger partial charge < -0.3 is 0 Å². The molecule has 0 spiro atoms. The molecule has 2 atom stereocenters. The van der Waals surface area contributed by atoms with Gasteiger partial charge in [0, 0.05) is 27.8 Å². The topological polar surface area (TPSA) is 36.7 Å². The Bertz CT molecular complexity index is 1120. The van der Waals surface area contributed by atoms with E-state index >= 15 is 0 Å². The molecular formula is C23H22N2. The Morgan fingerprint density at radius 3 is 2.36 bits per heavy atom. The summed E-state index contributed by atoms with van der Waals surface area (Å²) in [6.07, 6.45) is 4.55. The van der Waals surface area contributed by atoms with Gasteiger partial charge in [-0.05, 0) is 40.9 Å². The summed E-state index contributed by atoms with van der Waals surface area (Å²) in [6, 6.07) is 12.7. The van der Waals surface area contributed by atoms with E-state index in [1.807, 2.05) is 18.2 Å². The molecule has 2 heteroatoms. The lowest BCUT2D eigenvalue weighted by Gasteiger charge is -2.39. The predicted molar refractivity (Wildman–Crippen MR) is 102 cm³/mol. The van der Waals surface area contributed by atoms with E-state index in [0.29, 0.717) is 0 Å². The van der Waals surface area contributed by atoms with Gasteiger partial charge in [-0.25, -0.2) is 0 Å². The van der Waals surface area contributed by atoms with E-state index in [2.05, 4.69) is 52.1 Å². The lowest BCUT2D eigenvalue weighted by atomic mass is 9.64. The van der Waals surface area contributed by atoms with Crippen LogP contribution in [-0.4, -0.2) is 4.98 Å². The molecule has 5 rings (SSSR count). The fourth-order valence-corrected chi connectivity index (χ4v) is 5.78. The maximum atomic E-state index is 9.72. The summed E-state index contributed by atoms with van der Waals surface area (Å²) in [5.41, 5.74) is 5.13. The quantitative estimate of drug-likeness (QED) is 0.504. The van der Waals surface area contributed by atoms with Gasteiger partial charge in [-0.1, -0.05) is 52.0 Å². The van der Waals surface area contributed by atoms with Crippen LogP contribution in [-0.2, 0) is 10.8 Å². The average Bonchev–Trinajstić information content (AvgIpc) is 2.88. The number of pyridine rings is 1. The normalized spacial score (nSPS) is 29.1. The minimum absolute atomic E-state index is 0.132. The number of nitrogens with zero attached hydrogens (tertiary/aromatic N) is 2. The zero-order valence-electron chi connectivity index (χ0n) is 15.3. The fraction of sp³-hybridized carbons (Fsp3) is 0.391. The second-order valence-electron chi connectivity index (χ2n) is 8.81. The number of nitriles is 1. The zero-order valence-corrected chi connectivity index (χ0v) is 15.3. The first-order valence-corrected chi connectivity index (χ1v) is 9.11. The van der Waals surface area contributed by atoms with Crippen molar-refractivity contribution in [2.24, 2.45) is 5.41 Å². The van der Waals surface area contributed by atoms with Crippen LogP contribution in [0.25, 0.3) is 21.7 Å². The van der Waals surface area contributed by atoms with Crippen LogP contribution >= 0.6 is 0 Å². The number of hydrogen-bond donors (Lipinski definition) is 0. The molecule has 2 nitrogen and oxygen atoms in total. The molecule has 1 saturated carbocycles. The second-order valence-corrected chi connectivity index (χ2v) is 8.81. The lowest BCUT2D eigenvalue weighted by molar-refractivity contribution is 0.172. The minimum atomic E-state index is 0.132. The van der Waals surface area contributed by atoms with Crippen molar-refractivity contribution in [2.45, 2.75) is 51.4 Å². The van der Waals surface area contributed by atoms with Crippen LogP contribution in [0.1, 0.15) is 57.2 Å². The maximum absolute atomic E-state index is 9.72. The highest BCUT2D eigenvalue weighted by molar-refractivity contribution is 6.09. The molecule has 1 aromatic heterocycles. The Hall–Kier alpha value is -2.40. The smallest absolute Gasteiger partial charge is 0.0998 e. The van der Waals surface area contributed by atoms with Crippen LogP contribution in [0.3, 0.4) is 0 Å². The summed E-state index contributed by atoms with van der Waals surface area (Å²) in [5.74, 6) is 0. The van der Waals surface area contributed by atoms with Gasteiger partial charge in [0.05, 0.1) is 17.1 Å². The van der Waals surface area contributed by atoms with Crippen LogP contribution in [0.5, 0.6) is 0 Å². The molecule has 2 aliphatic rings. The number of hydrogen-bond acceptors (Lipinski definition) is 2. The van der Waals surface area contributed by atoms with Crippen molar-refractivity contribution in [2.75, 3.05) is 0 Å². The van der Waals surface area contributed by atoms with Crippen LogP contribution in [0.15, 0.2) is 36.5 Å². The predicted octanol–water partition coefficient (Wildman–Crippen LogP) is 5.61. The Labute approximate surface area is 148 Å². The molecule has 2 bridgehead atoms. The largest absolute Gasteiger partial charge is 0.255 e.